The maximum absolute atomic E-state index is 11.8. The van der Waals surface area contributed by atoms with E-state index in [0.29, 0.717) is 0 Å². The normalized spacial score (nSPS) is 9.73. The van der Waals surface area contributed by atoms with E-state index in [0.717, 1.165) is 12.1 Å². The van der Waals surface area contributed by atoms with Gasteiger partial charge in [0.1, 0.15) is 29.1 Å². The van der Waals surface area contributed by atoms with Gasteiger partial charge in [0, 0.05) is 11.6 Å². The van der Waals surface area contributed by atoms with Crippen molar-refractivity contribution in [1.82, 2.24) is 4.98 Å². The topological polar surface area (TPSA) is 170 Å². The number of aromatic hydroxyl groups is 1. The lowest BCUT2D eigenvalue weighted by Crippen LogP contribution is -2.16. The van der Waals surface area contributed by atoms with Crippen LogP contribution in [0.25, 0.3) is 11.1 Å². The molecular formula is C13H7N5O4. The van der Waals surface area contributed by atoms with E-state index in [1.807, 2.05) is 0 Å². The lowest BCUT2D eigenvalue weighted by atomic mass is 9.96. The number of nitrogen functional groups attached to an aromatic ring is 1. The SMILES string of the molecule is N#Cc1c(N)[nH]c(=O)c(C#N)c1-c1ccc([N+](=O)[O-])c(O)c1. The maximum Gasteiger partial charge on any atom is 0.310 e. The Morgan fingerprint density at radius 2 is 1.91 bits per heavy atom. The van der Waals surface area contributed by atoms with Gasteiger partial charge in [-0.3, -0.25) is 14.9 Å². The van der Waals surface area contributed by atoms with Crippen molar-refractivity contribution < 1.29 is 10.0 Å². The fraction of sp³-hybridized carbons (Fsp3) is 0. The molecule has 0 saturated carbocycles. The maximum atomic E-state index is 11.8. The Bertz CT molecular complexity index is 933. The molecule has 0 amide bonds. The Morgan fingerprint density at radius 3 is 2.41 bits per heavy atom. The van der Waals surface area contributed by atoms with Crippen molar-refractivity contribution in [3.8, 4) is 29.0 Å². The van der Waals surface area contributed by atoms with Crippen LogP contribution in [0.5, 0.6) is 5.75 Å². The molecule has 0 aliphatic carbocycles. The molecule has 1 aromatic carbocycles. The average molecular weight is 297 g/mol. The molecule has 2 aromatic rings. The molecule has 0 radical (unpaired) electrons. The molecule has 0 saturated heterocycles. The summed E-state index contributed by atoms with van der Waals surface area (Å²) in [5.41, 5.74) is 3.68. The van der Waals surface area contributed by atoms with Crippen LogP contribution in [0.4, 0.5) is 11.5 Å². The first-order valence-electron chi connectivity index (χ1n) is 5.74. The minimum atomic E-state index is -0.799. The second-order valence-corrected chi connectivity index (χ2v) is 4.18. The zero-order valence-corrected chi connectivity index (χ0v) is 10.8. The number of nitrogens with two attached hydrogens (primary N) is 1. The van der Waals surface area contributed by atoms with Gasteiger partial charge in [0.2, 0.25) is 0 Å². The Kier molecular flexibility index (Phi) is 3.48. The van der Waals surface area contributed by atoms with E-state index < -0.39 is 21.9 Å². The number of rotatable bonds is 2. The van der Waals surface area contributed by atoms with Gasteiger partial charge < -0.3 is 15.8 Å². The summed E-state index contributed by atoms with van der Waals surface area (Å²) in [5.74, 6) is -0.895. The monoisotopic (exact) mass is 297 g/mol. The molecule has 2 rings (SSSR count). The minimum Gasteiger partial charge on any atom is -0.502 e. The number of nitriles is 2. The molecule has 9 nitrogen and oxygen atoms in total. The second kappa shape index (κ2) is 5.26. The Labute approximate surface area is 122 Å². The molecule has 0 bridgehead atoms. The van der Waals surface area contributed by atoms with Crippen LogP contribution in [-0.4, -0.2) is 15.0 Å². The Morgan fingerprint density at radius 1 is 1.27 bits per heavy atom. The van der Waals surface area contributed by atoms with Crippen molar-refractivity contribution in [3.05, 3.63) is 49.8 Å². The van der Waals surface area contributed by atoms with Crippen molar-refractivity contribution in [2.24, 2.45) is 0 Å². The van der Waals surface area contributed by atoms with Gasteiger partial charge in [0.25, 0.3) is 5.56 Å². The molecule has 0 atom stereocenters. The zero-order valence-electron chi connectivity index (χ0n) is 10.8. The highest BCUT2D eigenvalue weighted by molar-refractivity contribution is 5.81. The molecule has 0 spiro atoms. The fourth-order valence-corrected chi connectivity index (χ4v) is 1.97. The number of hydrogen-bond acceptors (Lipinski definition) is 7. The van der Waals surface area contributed by atoms with E-state index in [1.165, 1.54) is 6.07 Å². The number of aromatic amines is 1. The van der Waals surface area contributed by atoms with Gasteiger partial charge in [-0.2, -0.15) is 10.5 Å². The van der Waals surface area contributed by atoms with Crippen LogP contribution < -0.4 is 11.3 Å². The van der Waals surface area contributed by atoms with E-state index in [2.05, 4.69) is 4.98 Å². The number of aromatic nitrogens is 1. The van der Waals surface area contributed by atoms with Gasteiger partial charge in [-0.1, -0.05) is 0 Å². The first-order valence-corrected chi connectivity index (χ1v) is 5.74. The fourth-order valence-electron chi connectivity index (χ4n) is 1.97. The van der Waals surface area contributed by atoms with Crippen molar-refractivity contribution in [2.75, 3.05) is 5.73 Å². The van der Waals surface area contributed by atoms with Gasteiger partial charge in [-0.15, -0.1) is 0 Å². The predicted molar refractivity (Wildman–Crippen MR) is 74.7 cm³/mol. The molecule has 0 unspecified atom stereocenters. The van der Waals surface area contributed by atoms with Crippen LogP contribution in [0.1, 0.15) is 11.1 Å². The quantitative estimate of drug-likeness (QED) is 0.547. The minimum absolute atomic E-state index is 0.0866. The van der Waals surface area contributed by atoms with Crippen LogP contribution >= 0.6 is 0 Å². The van der Waals surface area contributed by atoms with E-state index in [1.54, 1.807) is 12.1 Å². The van der Waals surface area contributed by atoms with Crippen LogP contribution in [0.3, 0.4) is 0 Å². The van der Waals surface area contributed by atoms with Gasteiger partial charge >= 0.3 is 5.69 Å². The summed E-state index contributed by atoms with van der Waals surface area (Å²) in [6.07, 6.45) is 0. The van der Waals surface area contributed by atoms with Crippen LogP contribution in [0, 0.1) is 32.8 Å². The van der Waals surface area contributed by atoms with Crippen LogP contribution in [0.15, 0.2) is 23.0 Å². The number of anilines is 1. The molecule has 0 fully saturated rings. The largest absolute Gasteiger partial charge is 0.502 e. The number of hydrogen-bond donors (Lipinski definition) is 3. The molecule has 22 heavy (non-hydrogen) atoms. The Hall–Kier alpha value is -3.85. The molecule has 1 aromatic heterocycles. The number of nitro benzene ring substituents is 1. The molecular weight excluding hydrogens is 290 g/mol. The molecule has 1 heterocycles. The molecule has 108 valence electrons. The first-order chi connectivity index (χ1) is 10.4. The highest BCUT2D eigenvalue weighted by atomic mass is 16.6. The van der Waals surface area contributed by atoms with Gasteiger partial charge in [0.15, 0.2) is 5.75 Å². The van der Waals surface area contributed by atoms with Gasteiger partial charge in [-0.05, 0) is 17.7 Å². The summed E-state index contributed by atoms with van der Waals surface area (Å²) in [6.45, 7) is 0. The number of phenols is 1. The highest BCUT2D eigenvalue weighted by Crippen LogP contribution is 2.34. The number of phenolic OH excluding ortho intramolecular Hbond substituents is 1. The number of nitro groups is 1. The lowest BCUT2D eigenvalue weighted by Gasteiger charge is -2.09. The third-order valence-electron chi connectivity index (χ3n) is 2.93. The van der Waals surface area contributed by atoms with Gasteiger partial charge in [-0.25, -0.2) is 0 Å². The lowest BCUT2D eigenvalue weighted by molar-refractivity contribution is -0.385. The standard InChI is InChI=1S/C13H7N5O4/c14-4-7-11(8(5-15)13(20)17-12(7)16)6-1-2-9(18(21)22)10(19)3-6/h1-3,19H,(H3,16,17,20). The van der Waals surface area contributed by atoms with Crippen LogP contribution in [-0.2, 0) is 0 Å². The van der Waals surface area contributed by atoms with E-state index in [9.17, 15) is 20.0 Å². The number of nitrogens with one attached hydrogen (secondary N) is 1. The summed E-state index contributed by atoms with van der Waals surface area (Å²) in [4.78, 5) is 23.8. The van der Waals surface area contributed by atoms with E-state index in [4.69, 9.17) is 16.3 Å². The smallest absolute Gasteiger partial charge is 0.310 e. The highest BCUT2D eigenvalue weighted by Gasteiger charge is 2.21. The van der Waals surface area contributed by atoms with Gasteiger partial charge in [0.05, 0.1) is 4.92 Å². The number of H-pyrrole nitrogens is 1. The number of nitrogens with zero attached hydrogens (tertiary/aromatic N) is 3. The van der Waals surface area contributed by atoms with Crippen molar-refractivity contribution in [1.29, 1.82) is 10.5 Å². The predicted octanol–water partition coefficient (Wildman–Crippen LogP) is 0.981. The third kappa shape index (κ3) is 2.19. The molecule has 9 heteroatoms. The second-order valence-electron chi connectivity index (χ2n) is 4.18. The summed E-state index contributed by atoms with van der Waals surface area (Å²) in [6, 6.07) is 6.63. The molecule has 0 aliphatic heterocycles. The molecule has 0 aliphatic rings. The number of pyridine rings is 1. The first kappa shape index (κ1) is 14.6. The average Bonchev–Trinajstić information content (AvgIpc) is 2.46. The summed E-state index contributed by atoms with van der Waals surface area (Å²) < 4.78 is 0. The Balaban J connectivity index is 2.87. The van der Waals surface area contributed by atoms with E-state index in [-0.39, 0.29) is 28.1 Å². The summed E-state index contributed by atoms with van der Waals surface area (Å²) >= 11 is 0. The van der Waals surface area contributed by atoms with Crippen molar-refractivity contribution >= 4 is 11.5 Å². The van der Waals surface area contributed by atoms with E-state index >= 15 is 0 Å². The van der Waals surface area contributed by atoms with Crippen LogP contribution in [0.2, 0.25) is 0 Å². The summed E-state index contributed by atoms with van der Waals surface area (Å²) in [5, 5.41) is 38.6. The molecule has 4 N–H and O–H groups in total. The summed E-state index contributed by atoms with van der Waals surface area (Å²) in [7, 11) is 0. The van der Waals surface area contributed by atoms with Crippen molar-refractivity contribution in [3.63, 3.8) is 0 Å². The number of benzene rings is 1. The zero-order chi connectivity index (χ0) is 16.4. The third-order valence-corrected chi connectivity index (χ3v) is 2.93. The van der Waals surface area contributed by atoms with Crippen molar-refractivity contribution in [2.45, 2.75) is 0 Å².